The first-order valence-corrected chi connectivity index (χ1v) is 8.79. The molecule has 0 radical (unpaired) electrons. The van der Waals surface area contributed by atoms with Gasteiger partial charge in [0.1, 0.15) is 17.2 Å². The molecule has 0 atom stereocenters. The third-order valence-electron chi connectivity index (χ3n) is 3.97. The molecule has 2 aromatic rings. The molecule has 158 valence electrons. The molecule has 0 aliphatic rings. The van der Waals surface area contributed by atoms with Crippen molar-refractivity contribution in [2.45, 2.75) is 19.3 Å². The highest BCUT2D eigenvalue weighted by molar-refractivity contribution is 5.79. The fourth-order valence-corrected chi connectivity index (χ4v) is 2.53. The van der Waals surface area contributed by atoms with Crippen LogP contribution >= 0.6 is 0 Å². The van der Waals surface area contributed by atoms with Gasteiger partial charge in [-0.1, -0.05) is 18.2 Å². The average Bonchev–Trinajstić information content (AvgIpc) is 2.72. The molecule has 0 aliphatic carbocycles. The monoisotopic (exact) mass is 411 g/mol. The predicted molar refractivity (Wildman–Crippen MR) is 105 cm³/mol. The van der Waals surface area contributed by atoms with Crippen LogP contribution in [0, 0.1) is 0 Å². The molecule has 0 spiro atoms. The molecule has 0 unspecified atom stereocenters. The first-order valence-electron chi connectivity index (χ1n) is 8.79. The molecular formula is C20H24F3N3O3. The van der Waals surface area contributed by atoms with Crippen molar-refractivity contribution < 1.29 is 27.4 Å². The normalized spacial score (nSPS) is 11.7. The number of para-hydroxylation sites is 1. The van der Waals surface area contributed by atoms with E-state index in [0.717, 1.165) is 5.56 Å². The van der Waals surface area contributed by atoms with E-state index >= 15 is 0 Å². The first-order chi connectivity index (χ1) is 13.9. The van der Waals surface area contributed by atoms with Crippen LogP contribution in [0.3, 0.4) is 0 Å². The fourth-order valence-electron chi connectivity index (χ4n) is 2.53. The second-order valence-electron chi connectivity index (χ2n) is 5.97. The molecule has 2 N–H and O–H groups in total. The summed E-state index contributed by atoms with van der Waals surface area (Å²) in [6.45, 7) is -0.666. The lowest BCUT2D eigenvalue weighted by molar-refractivity contribution is -0.153. The summed E-state index contributed by atoms with van der Waals surface area (Å²) in [5, 5.41) is 6.21. The molecule has 0 aromatic heterocycles. The Kier molecular flexibility index (Phi) is 7.99. The van der Waals surface area contributed by atoms with Gasteiger partial charge in [-0.05, 0) is 18.2 Å². The quantitative estimate of drug-likeness (QED) is 0.514. The predicted octanol–water partition coefficient (Wildman–Crippen LogP) is 3.51. The summed E-state index contributed by atoms with van der Waals surface area (Å²) in [7, 11) is 4.75. The van der Waals surface area contributed by atoms with Crippen LogP contribution in [0.4, 0.5) is 13.2 Å². The number of aliphatic imine (C=N–C) groups is 1. The van der Waals surface area contributed by atoms with E-state index in [1.165, 1.54) is 6.07 Å². The average molecular weight is 411 g/mol. The second kappa shape index (κ2) is 10.4. The van der Waals surface area contributed by atoms with Crippen LogP contribution in [0.15, 0.2) is 47.5 Å². The number of nitrogens with zero attached hydrogens (tertiary/aromatic N) is 1. The minimum Gasteiger partial charge on any atom is -0.497 e. The maximum absolute atomic E-state index is 12.4. The summed E-state index contributed by atoms with van der Waals surface area (Å²) in [6, 6.07) is 12.0. The summed E-state index contributed by atoms with van der Waals surface area (Å²) >= 11 is 0. The zero-order valence-electron chi connectivity index (χ0n) is 16.5. The van der Waals surface area contributed by atoms with Gasteiger partial charge in [0.2, 0.25) is 0 Å². The van der Waals surface area contributed by atoms with Crippen molar-refractivity contribution >= 4 is 5.96 Å². The molecular weight excluding hydrogens is 387 g/mol. The standard InChI is InChI=1S/C20H24F3N3O3/c1-24-19(26-12-15-8-9-16(27-2)10-18(15)28-3)25-11-14-6-4-5-7-17(14)29-13-20(21,22)23/h4-10H,11-13H2,1-3H3,(H2,24,25,26). The highest BCUT2D eigenvalue weighted by Gasteiger charge is 2.28. The van der Waals surface area contributed by atoms with E-state index in [1.807, 2.05) is 12.1 Å². The van der Waals surface area contributed by atoms with Crippen molar-refractivity contribution in [1.29, 1.82) is 0 Å². The number of alkyl halides is 3. The van der Waals surface area contributed by atoms with Gasteiger partial charge in [-0.3, -0.25) is 4.99 Å². The highest BCUT2D eigenvalue weighted by Crippen LogP contribution is 2.24. The van der Waals surface area contributed by atoms with Crippen LogP contribution in [-0.2, 0) is 13.1 Å². The van der Waals surface area contributed by atoms with E-state index in [1.54, 1.807) is 45.5 Å². The van der Waals surface area contributed by atoms with Gasteiger partial charge in [-0.25, -0.2) is 0 Å². The molecule has 0 heterocycles. The molecule has 2 aromatic carbocycles. The van der Waals surface area contributed by atoms with E-state index < -0.39 is 12.8 Å². The van der Waals surface area contributed by atoms with Crippen molar-refractivity contribution in [2.24, 2.45) is 4.99 Å². The first kappa shape index (κ1) is 22.2. The Bertz CT molecular complexity index is 826. The van der Waals surface area contributed by atoms with Gasteiger partial charge in [-0.15, -0.1) is 0 Å². The van der Waals surface area contributed by atoms with Gasteiger partial charge < -0.3 is 24.8 Å². The Morgan fingerprint density at radius 3 is 2.17 bits per heavy atom. The van der Waals surface area contributed by atoms with Crippen LogP contribution in [0.2, 0.25) is 0 Å². The summed E-state index contributed by atoms with van der Waals surface area (Å²) in [4.78, 5) is 4.13. The van der Waals surface area contributed by atoms with Gasteiger partial charge in [0.25, 0.3) is 0 Å². The lowest BCUT2D eigenvalue weighted by atomic mass is 10.2. The second-order valence-corrected chi connectivity index (χ2v) is 5.97. The number of methoxy groups -OCH3 is 2. The Hall–Kier alpha value is -3.10. The Morgan fingerprint density at radius 2 is 1.59 bits per heavy atom. The van der Waals surface area contributed by atoms with Crippen LogP contribution in [0.25, 0.3) is 0 Å². The minimum atomic E-state index is -4.39. The molecule has 0 saturated carbocycles. The number of rotatable bonds is 8. The highest BCUT2D eigenvalue weighted by atomic mass is 19.4. The number of hydrogen-bond donors (Lipinski definition) is 2. The van der Waals surface area contributed by atoms with Crippen molar-refractivity contribution in [1.82, 2.24) is 10.6 Å². The smallest absolute Gasteiger partial charge is 0.422 e. The molecule has 0 saturated heterocycles. The number of halogens is 3. The zero-order valence-corrected chi connectivity index (χ0v) is 16.5. The van der Waals surface area contributed by atoms with Crippen molar-refractivity contribution in [3.63, 3.8) is 0 Å². The topological polar surface area (TPSA) is 64.1 Å². The summed E-state index contributed by atoms with van der Waals surface area (Å²) in [6.07, 6.45) is -4.39. The Balaban J connectivity index is 1.97. The number of nitrogens with one attached hydrogen (secondary N) is 2. The van der Waals surface area contributed by atoms with Gasteiger partial charge in [0.05, 0.1) is 14.2 Å². The van der Waals surface area contributed by atoms with Crippen LogP contribution in [0.5, 0.6) is 17.2 Å². The molecule has 9 heteroatoms. The van der Waals surface area contributed by atoms with Gasteiger partial charge in [0, 0.05) is 37.3 Å². The van der Waals surface area contributed by atoms with Crippen LogP contribution in [0.1, 0.15) is 11.1 Å². The Labute approximate surface area is 167 Å². The maximum Gasteiger partial charge on any atom is 0.422 e. The molecule has 0 amide bonds. The van der Waals surface area contributed by atoms with E-state index in [-0.39, 0.29) is 12.3 Å². The fraction of sp³-hybridized carbons (Fsp3) is 0.350. The minimum absolute atomic E-state index is 0.171. The lowest BCUT2D eigenvalue weighted by Crippen LogP contribution is -2.36. The van der Waals surface area contributed by atoms with Crippen molar-refractivity contribution in [3.8, 4) is 17.2 Å². The lowest BCUT2D eigenvalue weighted by Gasteiger charge is -2.16. The molecule has 29 heavy (non-hydrogen) atoms. The van der Waals surface area contributed by atoms with E-state index in [9.17, 15) is 13.2 Å². The van der Waals surface area contributed by atoms with Gasteiger partial charge in [0.15, 0.2) is 12.6 Å². The number of benzene rings is 2. The largest absolute Gasteiger partial charge is 0.497 e. The van der Waals surface area contributed by atoms with E-state index in [2.05, 4.69) is 15.6 Å². The van der Waals surface area contributed by atoms with E-state index in [0.29, 0.717) is 29.6 Å². The third-order valence-corrected chi connectivity index (χ3v) is 3.97. The van der Waals surface area contributed by atoms with Crippen LogP contribution in [-0.4, -0.2) is 40.0 Å². The molecule has 0 aliphatic heterocycles. The number of guanidine groups is 1. The van der Waals surface area contributed by atoms with Crippen molar-refractivity contribution in [3.05, 3.63) is 53.6 Å². The van der Waals surface area contributed by atoms with Gasteiger partial charge >= 0.3 is 6.18 Å². The third kappa shape index (κ3) is 7.10. The molecule has 2 rings (SSSR count). The SMILES string of the molecule is CN=C(NCc1ccc(OC)cc1OC)NCc1ccccc1OCC(F)(F)F. The number of hydrogen-bond acceptors (Lipinski definition) is 4. The van der Waals surface area contributed by atoms with Crippen molar-refractivity contribution in [2.75, 3.05) is 27.9 Å². The van der Waals surface area contributed by atoms with Crippen LogP contribution < -0.4 is 24.8 Å². The summed E-state index contributed by atoms with van der Waals surface area (Å²) in [5.74, 6) is 2.00. The maximum atomic E-state index is 12.4. The van der Waals surface area contributed by atoms with Gasteiger partial charge in [-0.2, -0.15) is 13.2 Å². The van der Waals surface area contributed by atoms with E-state index in [4.69, 9.17) is 14.2 Å². The molecule has 0 bridgehead atoms. The molecule has 0 fully saturated rings. The summed E-state index contributed by atoms with van der Waals surface area (Å²) in [5.41, 5.74) is 1.48. The molecule has 6 nitrogen and oxygen atoms in total. The number of ether oxygens (including phenoxy) is 3. The zero-order chi connectivity index (χ0) is 21.3. The summed E-state index contributed by atoms with van der Waals surface area (Å²) < 4.78 is 52.7. The Morgan fingerprint density at radius 1 is 0.931 bits per heavy atom.